The quantitative estimate of drug-likeness (QED) is 0.691. The SMILES string of the molecule is COc1ccc(C(=O)OCC(=O)NC(=O)NC23CC4CC(CC(C4)C2)C3)c(OC)c1. The van der Waals surface area contributed by atoms with Crippen LogP contribution in [0.1, 0.15) is 48.9 Å². The molecule has 0 aromatic heterocycles. The van der Waals surface area contributed by atoms with Crippen LogP contribution in [0, 0.1) is 17.8 Å². The Hall–Kier alpha value is -2.77. The van der Waals surface area contributed by atoms with Crippen molar-refractivity contribution in [2.45, 2.75) is 44.1 Å². The first-order chi connectivity index (χ1) is 14.4. The van der Waals surface area contributed by atoms with Crippen LogP contribution in [0.15, 0.2) is 18.2 Å². The molecule has 0 unspecified atom stereocenters. The highest BCUT2D eigenvalue weighted by molar-refractivity contribution is 5.98. The number of amides is 3. The van der Waals surface area contributed by atoms with Crippen molar-refractivity contribution in [2.24, 2.45) is 17.8 Å². The first-order valence-corrected chi connectivity index (χ1v) is 10.4. The molecule has 2 N–H and O–H groups in total. The second-order valence-electron chi connectivity index (χ2n) is 8.84. The number of methoxy groups -OCH3 is 2. The summed E-state index contributed by atoms with van der Waals surface area (Å²) in [6, 6.07) is 4.13. The van der Waals surface area contributed by atoms with Gasteiger partial charge >= 0.3 is 12.0 Å². The lowest BCUT2D eigenvalue weighted by Crippen LogP contribution is -2.62. The number of esters is 1. The zero-order valence-corrected chi connectivity index (χ0v) is 17.4. The first-order valence-electron chi connectivity index (χ1n) is 10.4. The Bertz CT molecular complexity index is 817. The lowest BCUT2D eigenvalue weighted by molar-refractivity contribution is -0.123. The van der Waals surface area contributed by atoms with E-state index in [1.165, 1.54) is 39.5 Å². The van der Waals surface area contributed by atoms with Crippen molar-refractivity contribution in [3.05, 3.63) is 23.8 Å². The molecule has 0 spiro atoms. The van der Waals surface area contributed by atoms with Gasteiger partial charge in [0, 0.05) is 11.6 Å². The Kier molecular flexibility index (Phi) is 5.58. The van der Waals surface area contributed by atoms with Gasteiger partial charge in [0.15, 0.2) is 6.61 Å². The molecule has 0 aliphatic heterocycles. The standard InChI is InChI=1S/C22H28N2O6/c1-28-16-3-4-17(18(8-16)29-2)20(26)30-12-19(25)23-21(27)24-22-9-13-5-14(10-22)7-15(6-13)11-22/h3-4,8,13-15H,5-7,9-12H2,1-2H3,(H2,23,24,25,27). The molecular weight excluding hydrogens is 388 g/mol. The largest absolute Gasteiger partial charge is 0.497 e. The van der Waals surface area contributed by atoms with E-state index in [9.17, 15) is 14.4 Å². The Morgan fingerprint density at radius 2 is 1.63 bits per heavy atom. The summed E-state index contributed by atoms with van der Waals surface area (Å²) in [5, 5.41) is 5.35. The summed E-state index contributed by atoms with van der Waals surface area (Å²) >= 11 is 0. The summed E-state index contributed by atoms with van der Waals surface area (Å²) in [5.74, 6) is 1.49. The Balaban J connectivity index is 1.28. The molecule has 1 aromatic rings. The van der Waals surface area contributed by atoms with Gasteiger partial charge in [-0.25, -0.2) is 9.59 Å². The van der Waals surface area contributed by atoms with E-state index in [-0.39, 0.29) is 16.9 Å². The van der Waals surface area contributed by atoms with Crippen LogP contribution in [0.5, 0.6) is 11.5 Å². The minimum Gasteiger partial charge on any atom is -0.497 e. The zero-order chi connectivity index (χ0) is 21.3. The zero-order valence-electron chi connectivity index (χ0n) is 17.4. The molecule has 0 heterocycles. The molecule has 0 radical (unpaired) electrons. The van der Waals surface area contributed by atoms with Gasteiger partial charge in [0.25, 0.3) is 5.91 Å². The third-order valence-corrected chi connectivity index (χ3v) is 6.63. The molecule has 1 aromatic carbocycles. The number of rotatable bonds is 6. The molecule has 8 nitrogen and oxygen atoms in total. The molecule has 30 heavy (non-hydrogen) atoms. The maximum absolute atomic E-state index is 12.4. The lowest BCUT2D eigenvalue weighted by Gasteiger charge is -2.56. The molecule has 0 atom stereocenters. The number of carbonyl (C=O) groups is 3. The van der Waals surface area contributed by atoms with Crippen LogP contribution in [-0.2, 0) is 9.53 Å². The summed E-state index contributed by atoms with van der Waals surface area (Å²) in [6.07, 6.45) is 6.79. The predicted octanol–water partition coefficient (Wildman–Crippen LogP) is 2.66. The molecule has 4 bridgehead atoms. The molecule has 4 saturated carbocycles. The molecule has 4 aliphatic carbocycles. The molecule has 162 valence electrons. The normalized spacial score (nSPS) is 28.5. The number of nitrogens with one attached hydrogen (secondary N) is 2. The van der Waals surface area contributed by atoms with Crippen LogP contribution in [0.2, 0.25) is 0 Å². The molecule has 4 fully saturated rings. The van der Waals surface area contributed by atoms with Crippen molar-refractivity contribution in [3.8, 4) is 11.5 Å². The molecule has 5 rings (SSSR count). The number of ether oxygens (including phenoxy) is 3. The average Bonchev–Trinajstić information content (AvgIpc) is 2.69. The van der Waals surface area contributed by atoms with Crippen molar-refractivity contribution in [2.75, 3.05) is 20.8 Å². The van der Waals surface area contributed by atoms with E-state index < -0.39 is 24.5 Å². The maximum atomic E-state index is 12.4. The van der Waals surface area contributed by atoms with Gasteiger partial charge in [-0.2, -0.15) is 0 Å². The highest BCUT2D eigenvalue weighted by Gasteiger charge is 2.51. The van der Waals surface area contributed by atoms with Gasteiger partial charge in [-0.3, -0.25) is 10.1 Å². The van der Waals surface area contributed by atoms with Gasteiger partial charge in [-0.05, 0) is 68.4 Å². The van der Waals surface area contributed by atoms with E-state index in [1.54, 1.807) is 12.1 Å². The van der Waals surface area contributed by atoms with E-state index in [0.717, 1.165) is 19.3 Å². The fourth-order valence-electron chi connectivity index (χ4n) is 5.87. The van der Waals surface area contributed by atoms with E-state index in [1.807, 2.05) is 0 Å². The number of imide groups is 1. The average molecular weight is 416 g/mol. The monoisotopic (exact) mass is 416 g/mol. The number of benzene rings is 1. The van der Waals surface area contributed by atoms with Crippen molar-refractivity contribution in [3.63, 3.8) is 0 Å². The second kappa shape index (κ2) is 8.16. The van der Waals surface area contributed by atoms with Gasteiger partial charge < -0.3 is 19.5 Å². The van der Waals surface area contributed by atoms with Gasteiger partial charge in [0.2, 0.25) is 0 Å². The van der Waals surface area contributed by atoms with Crippen LogP contribution in [0.25, 0.3) is 0 Å². The van der Waals surface area contributed by atoms with Crippen LogP contribution < -0.4 is 20.1 Å². The Morgan fingerprint density at radius 3 is 2.20 bits per heavy atom. The summed E-state index contributed by atoms with van der Waals surface area (Å²) in [4.78, 5) is 36.8. The number of carbonyl (C=O) groups excluding carboxylic acids is 3. The van der Waals surface area contributed by atoms with Crippen molar-refractivity contribution in [1.82, 2.24) is 10.6 Å². The van der Waals surface area contributed by atoms with Crippen molar-refractivity contribution < 1.29 is 28.6 Å². The minimum atomic E-state index is -0.717. The van der Waals surface area contributed by atoms with E-state index in [0.29, 0.717) is 23.5 Å². The fraction of sp³-hybridized carbons (Fsp3) is 0.591. The van der Waals surface area contributed by atoms with E-state index in [4.69, 9.17) is 14.2 Å². The maximum Gasteiger partial charge on any atom is 0.342 e. The molecule has 0 saturated heterocycles. The summed E-state index contributed by atoms with van der Waals surface area (Å²) in [5.41, 5.74) is -0.0178. The van der Waals surface area contributed by atoms with Crippen LogP contribution in [0.4, 0.5) is 4.79 Å². The predicted molar refractivity (Wildman–Crippen MR) is 107 cm³/mol. The topological polar surface area (TPSA) is 103 Å². The van der Waals surface area contributed by atoms with Gasteiger partial charge in [-0.15, -0.1) is 0 Å². The van der Waals surface area contributed by atoms with Gasteiger partial charge in [0.05, 0.1) is 14.2 Å². The Labute approximate surface area is 175 Å². The van der Waals surface area contributed by atoms with Crippen LogP contribution in [0.3, 0.4) is 0 Å². The van der Waals surface area contributed by atoms with Crippen LogP contribution in [-0.4, -0.2) is 44.3 Å². The summed E-state index contributed by atoms with van der Waals surface area (Å²) < 4.78 is 15.3. The Morgan fingerprint density at radius 1 is 1.00 bits per heavy atom. The summed E-state index contributed by atoms with van der Waals surface area (Å²) in [6.45, 7) is -0.553. The number of urea groups is 1. The molecule has 4 aliphatic rings. The minimum absolute atomic E-state index is 0.170. The smallest absolute Gasteiger partial charge is 0.342 e. The van der Waals surface area contributed by atoms with E-state index in [2.05, 4.69) is 10.6 Å². The van der Waals surface area contributed by atoms with Crippen LogP contribution >= 0.6 is 0 Å². The van der Waals surface area contributed by atoms with Gasteiger partial charge in [-0.1, -0.05) is 0 Å². The van der Waals surface area contributed by atoms with Crippen molar-refractivity contribution >= 4 is 17.9 Å². The van der Waals surface area contributed by atoms with Crippen molar-refractivity contribution in [1.29, 1.82) is 0 Å². The molecule has 3 amide bonds. The highest BCUT2D eigenvalue weighted by Crippen LogP contribution is 2.55. The fourth-order valence-corrected chi connectivity index (χ4v) is 5.87. The first kappa shape index (κ1) is 20.5. The highest BCUT2D eigenvalue weighted by atomic mass is 16.5. The number of hydrogen-bond acceptors (Lipinski definition) is 6. The molecule has 8 heteroatoms. The summed E-state index contributed by atoms with van der Waals surface area (Å²) in [7, 11) is 2.93. The van der Waals surface area contributed by atoms with E-state index >= 15 is 0 Å². The molecular formula is C22H28N2O6. The third kappa shape index (κ3) is 4.22. The third-order valence-electron chi connectivity index (χ3n) is 6.63. The second-order valence-corrected chi connectivity index (χ2v) is 8.84. The number of hydrogen-bond donors (Lipinski definition) is 2. The van der Waals surface area contributed by atoms with Gasteiger partial charge in [0.1, 0.15) is 17.1 Å². The lowest BCUT2D eigenvalue weighted by atomic mass is 9.53.